The molecule has 6 nitrogen and oxygen atoms in total. The number of amides is 1. The molecule has 0 aliphatic carbocycles. The van der Waals surface area contributed by atoms with Crippen LogP contribution in [-0.2, 0) is 4.79 Å². The van der Waals surface area contributed by atoms with Crippen LogP contribution in [0.15, 0.2) is 68.9 Å². The molecule has 1 N–H and O–H groups in total. The van der Waals surface area contributed by atoms with Crippen LogP contribution in [0.25, 0.3) is 11.5 Å². The van der Waals surface area contributed by atoms with Crippen molar-refractivity contribution in [3.05, 3.63) is 65.1 Å². The van der Waals surface area contributed by atoms with Crippen molar-refractivity contribution >= 4 is 23.4 Å². The molecule has 3 rings (SSSR count). The number of hydrogen-bond donors (Lipinski definition) is 1. The summed E-state index contributed by atoms with van der Waals surface area (Å²) in [5.74, 6) is 0.224. The number of para-hydroxylation sites is 1. The van der Waals surface area contributed by atoms with Gasteiger partial charge in [-0.1, -0.05) is 12.1 Å². The lowest BCUT2D eigenvalue weighted by Crippen LogP contribution is -2.33. The van der Waals surface area contributed by atoms with Gasteiger partial charge in [0.05, 0.1) is 12.0 Å². The molecule has 25 heavy (non-hydrogen) atoms. The van der Waals surface area contributed by atoms with E-state index in [2.05, 4.69) is 10.4 Å². The first-order chi connectivity index (χ1) is 12.1. The Morgan fingerprint density at radius 2 is 2.00 bits per heavy atom. The van der Waals surface area contributed by atoms with Gasteiger partial charge in [-0.05, 0) is 43.5 Å². The highest BCUT2D eigenvalue weighted by Crippen LogP contribution is 2.25. The predicted octanol–water partition coefficient (Wildman–Crippen LogP) is 3.42. The number of nitrogens with zero attached hydrogens (tertiary/aromatic N) is 2. The summed E-state index contributed by atoms with van der Waals surface area (Å²) < 4.78 is 6.46. The fraction of sp³-hybridized carbons (Fsp3) is 0.167. The average molecular weight is 355 g/mol. The van der Waals surface area contributed by atoms with Gasteiger partial charge in [-0.2, -0.15) is 5.10 Å². The van der Waals surface area contributed by atoms with Crippen LogP contribution in [0.3, 0.4) is 0 Å². The molecule has 2 heterocycles. The topological polar surface area (TPSA) is 77.1 Å². The highest BCUT2D eigenvalue weighted by molar-refractivity contribution is 7.98. The first-order valence-electron chi connectivity index (χ1n) is 7.68. The van der Waals surface area contributed by atoms with E-state index in [0.717, 1.165) is 9.58 Å². The second-order valence-corrected chi connectivity index (χ2v) is 6.19. The van der Waals surface area contributed by atoms with Gasteiger partial charge < -0.3 is 9.73 Å². The van der Waals surface area contributed by atoms with Gasteiger partial charge in [-0.3, -0.25) is 9.59 Å². The number of carbonyl (C=O) groups excluding carboxylic acids is 1. The maximum absolute atomic E-state index is 12.6. The summed E-state index contributed by atoms with van der Waals surface area (Å²) in [6, 6.07) is 13.2. The number of rotatable bonds is 5. The molecule has 0 radical (unpaired) electrons. The summed E-state index contributed by atoms with van der Waals surface area (Å²) in [6.07, 6.45) is 3.47. The summed E-state index contributed by atoms with van der Waals surface area (Å²) in [7, 11) is 0. The Bertz CT molecular complexity index is 935. The Kier molecular flexibility index (Phi) is 5.04. The molecular weight excluding hydrogens is 338 g/mol. The van der Waals surface area contributed by atoms with Crippen molar-refractivity contribution < 1.29 is 9.21 Å². The van der Waals surface area contributed by atoms with Gasteiger partial charge in [-0.25, -0.2) is 4.68 Å². The summed E-state index contributed by atoms with van der Waals surface area (Å²) in [5, 5.41) is 7.12. The lowest BCUT2D eigenvalue weighted by Gasteiger charge is -2.16. The Labute approximate surface area is 148 Å². The Morgan fingerprint density at radius 3 is 2.72 bits per heavy atom. The van der Waals surface area contributed by atoms with Crippen molar-refractivity contribution in [3.8, 4) is 11.5 Å². The van der Waals surface area contributed by atoms with E-state index >= 15 is 0 Å². The average Bonchev–Trinajstić information content (AvgIpc) is 3.16. The van der Waals surface area contributed by atoms with Crippen LogP contribution in [-0.4, -0.2) is 21.9 Å². The van der Waals surface area contributed by atoms with Gasteiger partial charge in [0.15, 0.2) is 5.76 Å². The minimum absolute atomic E-state index is 0.312. The largest absolute Gasteiger partial charge is 0.463 e. The summed E-state index contributed by atoms with van der Waals surface area (Å²) in [5.41, 5.74) is 0.854. The molecule has 0 bridgehead atoms. The molecule has 3 aromatic rings. The first kappa shape index (κ1) is 17.0. The third-order valence-corrected chi connectivity index (χ3v) is 4.51. The molecule has 0 aliphatic heterocycles. The maximum atomic E-state index is 12.6. The van der Waals surface area contributed by atoms with E-state index < -0.39 is 6.04 Å². The van der Waals surface area contributed by atoms with Crippen LogP contribution in [0.4, 0.5) is 5.69 Å². The van der Waals surface area contributed by atoms with Crippen LogP contribution in [0.5, 0.6) is 0 Å². The smallest absolute Gasteiger partial charge is 0.267 e. The van der Waals surface area contributed by atoms with Crippen LogP contribution in [0, 0.1) is 0 Å². The van der Waals surface area contributed by atoms with Gasteiger partial charge in [0, 0.05) is 11.0 Å². The molecule has 0 fully saturated rings. The quantitative estimate of drug-likeness (QED) is 0.710. The molecule has 128 valence electrons. The zero-order chi connectivity index (χ0) is 17.8. The normalized spacial score (nSPS) is 11.9. The molecule has 0 saturated heterocycles. The van der Waals surface area contributed by atoms with Crippen molar-refractivity contribution in [2.24, 2.45) is 0 Å². The number of aromatic nitrogens is 2. The van der Waals surface area contributed by atoms with Gasteiger partial charge in [0.1, 0.15) is 11.7 Å². The van der Waals surface area contributed by atoms with E-state index in [1.807, 2.05) is 30.5 Å². The lowest BCUT2D eigenvalue weighted by molar-refractivity contribution is -0.119. The molecule has 1 aromatic carbocycles. The van der Waals surface area contributed by atoms with Crippen LogP contribution in [0.1, 0.15) is 13.0 Å². The molecule has 0 aliphatic rings. The zero-order valence-electron chi connectivity index (χ0n) is 13.8. The molecule has 1 unspecified atom stereocenters. The highest BCUT2D eigenvalue weighted by Gasteiger charge is 2.19. The molecule has 0 spiro atoms. The van der Waals surface area contributed by atoms with Gasteiger partial charge in [-0.15, -0.1) is 11.8 Å². The van der Waals surface area contributed by atoms with E-state index in [1.165, 1.54) is 24.1 Å². The number of benzene rings is 1. The second kappa shape index (κ2) is 7.40. The minimum atomic E-state index is -0.766. The van der Waals surface area contributed by atoms with Gasteiger partial charge >= 0.3 is 0 Å². The van der Waals surface area contributed by atoms with Crippen molar-refractivity contribution in [3.63, 3.8) is 0 Å². The third-order valence-electron chi connectivity index (χ3n) is 3.71. The van der Waals surface area contributed by atoms with Crippen LogP contribution < -0.4 is 10.9 Å². The van der Waals surface area contributed by atoms with Crippen LogP contribution >= 0.6 is 11.8 Å². The minimum Gasteiger partial charge on any atom is -0.463 e. The summed E-state index contributed by atoms with van der Waals surface area (Å²) in [4.78, 5) is 25.7. The molecule has 0 saturated carbocycles. The van der Waals surface area contributed by atoms with E-state index in [9.17, 15) is 9.59 Å². The van der Waals surface area contributed by atoms with Gasteiger partial charge in [0.2, 0.25) is 5.91 Å². The summed E-state index contributed by atoms with van der Waals surface area (Å²) in [6.45, 7) is 1.64. The number of thioether (sulfide) groups is 1. The van der Waals surface area contributed by atoms with E-state index in [1.54, 1.807) is 25.1 Å². The van der Waals surface area contributed by atoms with Crippen molar-refractivity contribution in [1.29, 1.82) is 0 Å². The Morgan fingerprint density at radius 1 is 1.20 bits per heavy atom. The number of furan rings is 1. The van der Waals surface area contributed by atoms with Crippen molar-refractivity contribution in [2.75, 3.05) is 11.6 Å². The molecular formula is C18H17N3O3S. The van der Waals surface area contributed by atoms with Crippen LogP contribution in [0.2, 0.25) is 0 Å². The number of hydrogen-bond acceptors (Lipinski definition) is 5. The van der Waals surface area contributed by atoms with Crippen molar-refractivity contribution in [2.45, 2.75) is 17.9 Å². The van der Waals surface area contributed by atoms with Gasteiger partial charge in [0.25, 0.3) is 5.56 Å². The zero-order valence-corrected chi connectivity index (χ0v) is 14.6. The molecule has 1 amide bonds. The van der Waals surface area contributed by atoms with E-state index in [-0.39, 0.29) is 11.5 Å². The second-order valence-electron chi connectivity index (χ2n) is 5.34. The first-order valence-corrected chi connectivity index (χ1v) is 8.90. The van der Waals surface area contributed by atoms with E-state index in [0.29, 0.717) is 17.1 Å². The van der Waals surface area contributed by atoms with E-state index in [4.69, 9.17) is 4.42 Å². The number of anilines is 1. The predicted molar refractivity (Wildman–Crippen MR) is 97.8 cm³/mol. The lowest BCUT2D eigenvalue weighted by atomic mass is 10.2. The Hall–Kier alpha value is -2.80. The summed E-state index contributed by atoms with van der Waals surface area (Å²) >= 11 is 1.54. The highest BCUT2D eigenvalue weighted by atomic mass is 32.2. The van der Waals surface area contributed by atoms with Crippen molar-refractivity contribution in [1.82, 2.24) is 9.78 Å². The molecule has 2 aromatic heterocycles. The molecule has 1 atom stereocenters. The SMILES string of the molecule is CSc1ccccc1NC(=O)C(C)n1nc(-c2ccco2)ccc1=O. The standard InChI is InChI=1S/C18H17N3O3S/c1-12(18(23)19-14-6-3-4-8-16(14)25-2)21-17(22)10-9-13(20-21)15-7-5-11-24-15/h3-12H,1-2H3,(H,19,23). The number of carbonyl (C=O) groups is 1. The fourth-order valence-electron chi connectivity index (χ4n) is 2.35. The monoisotopic (exact) mass is 355 g/mol. The fourth-order valence-corrected chi connectivity index (χ4v) is 2.91. The Balaban J connectivity index is 1.87. The number of nitrogens with one attached hydrogen (secondary N) is 1. The molecule has 7 heteroatoms. The maximum Gasteiger partial charge on any atom is 0.267 e. The third kappa shape index (κ3) is 3.66.